The fourth-order valence-corrected chi connectivity index (χ4v) is 5.00. The molecule has 8 aromatic rings. The van der Waals surface area contributed by atoms with Crippen LogP contribution < -0.4 is 0 Å². The van der Waals surface area contributed by atoms with Gasteiger partial charge in [-0.25, -0.2) is 0 Å². The Kier molecular flexibility index (Phi) is 11.4. The van der Waals surface area contributed by atoms with E-state index in [1.54, 1.807) is 0 Å². The zero-order valence-electron chi connectivity index (χ0n) is 27.3. The molecule has 0 saturated heterocycles. The van der Waals surface area contributed by atoms with E-state index in [1.807, 2.05) is 123 Å². The van der Waals surface area contributed by atoms with E-state index >= 15 is 0 Å². The molecule has 4 aromatic heterocycles. The molecule has 48 heavy (non-hydrogen) atoms. The third kappa shape index (κ3) is 8.19. The Morgan fingerprint density at radius 2 is 1.08 bits per heavy atom. The van der Waals surface area contributed by atoms with Crippen LogP contribution in [0, 0.1) is 45.9 Å². The average Bonchev–Trinajstić information content (AvgIpc) is 3.51. The zero-order chi connectivity index (χ0) is 32.6. The number of fused-ring (bicyclic) bond motifs is 3. The number of aromatic nitrogens is 3. The van der Waals surface area contributed by atoms with Crippen molar-refractivity contribution in [2.75, 3.05) is 0 Å². The smallest absolute Gasteiger partial charge is 0.501 e. The molecule has 236 valence electrons. The van der Waals surface area contributed by atoms with Crippen LogP contribution in [-0.4, -0.2) is 15.0 Å². The first kappa shape index (κ1) is 34.1. The number of hydrogen-bond donors (Lipinski definition) is 0. The summed E-state index contributed by atoms with van der Waals surface area (Å²) in [5, 5.41) is 2.24. The number of rotatable bonds is 3. The largest absolute Gasteiger partial charge is 3.00 e. The first-order chi connectivity index (χ1) is 23.0. The van der Waals surface area contributed by atoms with Gasteiger partial charge in [-0.1, -0.05) is 65.0 Å². The molecule has 0 aliphatic carbocycles. The Morgan fingerprint density at radius 1 is 0.500 bits per heavy atom. The number of pyridine rings is 3. The van der Waals surface area contributed by atoms with E-state index in [-0.39, 0.29) is 20.1 Å². The van der Waals surface area contributed by atoms with Gasteiger partial charge >= 0.3 is 20.1 Å². The van der Waals surface area contributed by atoms with Crippen molar-refractivity contribution in [2.45, 2.75) is 27.7 Å². The van der Waals surface area contributed by atoms with Crippen LogP contribution in [0.2, 0.25) is 0 Å². The maximum absolute atomic E-state index is 6.04. The van der Waals surface area contributed by atoms with Gasteiger partial charge in [0.05, 0.1) is 5.58 Å². The summed E-state index contributed by atoms with van der Waals surface area (Å²) in [7, 11) is 0. The number of benzene rings is 4. The molecular formula is C43H34IrN3O. The summed E-state index contributed by atoms with van der Waals surface area (Å²) in [5.41, 5.74) is 12.4. The van der Waals surface area contributed by atoms with Crippen molar-refractivity contribution < 1.29 is 24.5 Å². The topological polar surface area (TPSA) is 51.8 Å². The van der Waals surface area contributed by atoms with Crippen molar-refractivity contribution in [2.24, 2.45) is 0 Å². The maximum Gasteiger partial charge on any atom is 3.00 e. The molecule has 5 heteroatoms. The Hall–Kier alpha value is -5.22. The first-order valence-corrected chi connectivity index (χ1v) is 15.5. The first-order valence-electron chi connectivity index (χ1n) is 15.5. The molecule has 0 spiro atoms. The number of para-hydroxylation sites is 1. The SMILES string of the molecule is Cc1ccc(-c2[c-]cccc2)nc1.Cc1ccc(-c2[c-]cccc2)nc1.Cc1cnc(-c2[c-]ccc3c2oc2ccccc23)cc1C.[Ir+3]. The fraction of sp³-hybridized carbons (Fsp3) is 0.0930. The van der Waals surface area contributed by atoms with Crippen molar-refractivity contribution in [3.63, 3.8) is 0 Å². The quantitative estimate of drug-likeness (QED) is 0.167. The molecule has 4 heterocycles. The summed E-state index contributed by atoms with van der Waals surface area (Å²) in [4.78, 5) is 13.2. The van der Waals surface area contributed by atoms with E-state index in [0.717, 1.165) is 55.7 Å². The summed E-state index contributed by atoms with van der Waals surface area (Å²) in [6.07, 6.45) is 5.65. The molecule has 0 fully saturated rings. The van der Waals surface area contributed by atoms with E-state index in [1.165, 1.54) is 22.3 Å². The summed E-state index contributed by atoms with van der Waals surface area (Å²) in [6.45, 7) is 8.23. The minimum Gasteiger partial charge on any atom is -0.501 e. The molecule has 0 unspecified atom stereocenters. The third-order valence-electron chi connectivity index (χ3n) is 7.76. The second kappa shape index (κ2) is 16.1. The van der Waals surface area contributed by atoms with Crippen LogP contribution >= 0.6 is 0 Å². The van der Waals surface area contributed by atoms with Gasteiger partial charge < -0.3 is 19.4 Å². The van der Waals surface area contributed by atoms with Crippen LogP contribution in [0.25, 0.3) is 55.7 Å². The predicted octanol–water partition coefficient (Wildman–Crippen LogP) is 10.8. The van der Waals surface area contributed by atoms with Crippen molar-refractivity contribution in [1.82, 2.24) is 15.0 Å². The van der Waals surface area contributed by atoms with Gasteiger partial charge in [0.2, 0.25) is 0 Å². The van der Waals surface area contributed by atoms with Crippen LogP contribution in [0.5, 0.6) is 0 Å². The normalized spacial score (nSPS) is 10.3. The van der Waals surface area contributed by atoms with Gasteiger partial charge in [-0.2, -0.15) is 0 Å². The summed E-state index contributed by atoms with van der Waals surface area (Å²) in [6, 6.07) is 47.6. The Morgan fingerprint density at radius 3 is 1.62 bits per heavy atom. The molecule has 0 aliphatic heterocycles. The van der Waals surface area contributed by atoms with Crippen molar-refractivity contribution in [3.8, 4) is 33.8 Å². The number of nitrogens with zero attached hydrogens (tertiary/aromatic N) is 3. The molecular weight excluding hydrogens is 767 g/mol. The fourth-order valence-electron chi connectivity index (χ4n) is 5.00. The van der Waals surface area contributed by atoms with E-state index in [4.69, 9.17) is 4.42 Å². The van der Waals surface area contributed by atoms with E-state index in [0.29, 0.717) is 0 Å². The van der Waals surface area contributed by atoms with Crippen molar-refractivity contribution >= 4 is 21.9 Å². The number of furan rings is 1. The standard InChI is InChI=1S/C19H14NO.2C12H10N.Ir/c1-12-10-17(20-11-13(12)2)16-8-5-7-15-14-6-3-4-9-18(14)21-19(15)16;2*1-10-7-8-12(13-9-10)11-5-3-2-4-6-11;/h3-7,9-11H,1-2H3;2*2-5,7-9H,1H3;/q3*-1;+3. The van der Waals surface area contributed by atoms with Gasteiger partial charge in [0.1, 0.15) is 5.58 Å². The molecule has 0 amide bonds. The minimum absolute atomic E-state index is 0. The van der Waals surface area contributed by atoms with Gasteiger partial charge in [-0.15, -0.1) is 90.0 Å². The molecule has 8 rings (SSSR count). The molecule has 4 aromatic carbocycles. The van der Waals surface area contributed by atoms with Crippen molar-refractivity contribution in [1.29, 1.82) is 0 Å². The molecule has 0 atom stereocenters. The van der Waals surface area contributed by atoms with Crippen LogP contribution in [0.1, 0.15) is 22.3 Å². The van der Waals surface area contributed by atoms with Gasteiger partial charge in [0, 0.05) is 24.0 Å². The van der Waals surface area contributed by atoms with Crippen LogP contribution in [-0.2, 0) is 20.1 Å². The van der Waals surface area contributed by atoms with E-state index < -0.39 is 0 Å². The maximum atomic E-state index is 6.04. The van der Waals surface area contributed by atoms with Gasteiger partial charge in [0.15, 0.2) is 0 Å². The second-order valence-electron chi connectivity index (χ2n) is 11.3. The third-order valence-corrected chi connectivity index (χ3v) is 7.76. The van der Waals surface area contributed by atoms with Crippen LogP contribution in [0.3, 0.4) is 0 Å². The molecule has 4 nitrogen and oxygen atoms in total. The van der Waals surface area contributed by atoms with Gasteiger partial charge in [-0.05, 0) is 67.5 Å². The minimum atomic E-state index is 0. The summed E-state index contributed by atoms with van der Waals surface area (Å²) < 4.78 is 6.04. The zero-order valence-corrected chi connectivity index (χ0v) is 29.7. The molecule has 0 saturated carbocycles. The predicted molar refractivity (Wildman–Crippen MR) is 192 cm³/mol. The molecule has 0 aliphatic rings. The van der Waals surface area contributed by atoms with Crippen LogP contribution in [0.15, 0.2) is 138 Å². The van der Waals surface area contributed by atoms with Crippen molar-refractivity contribution in [3.05, 3.63) is 174 Å². The summed E-state index contributed by atoms with van der Waals surface area (Å²) >= 11 is 0. The van der Waals surface area contributed by atoms with Crippen LogP contribution in [0.4, 0.5) is 0 Å². The average molecular weight is 801 g/mol. The molecule has 0 bridgehead atoms. The monoisotopic (exact) mass is 801 g/mol. The Labute approximate surface area is 295 Å². The number of aryl methyl sites for hydroxylation is 4. The molecule has 0 radical (unpaired) electrons. The Balaban J connectivity index is 0.000000146. The summed E-state index contributed by atoms with van der Waals surface area (Å²) in [5.74, 6) is 0. The van der Waals surface area contributed by atoms with E-state index in [2.05, 4.69) is 71.3 Å². The van der Waals surface area contributed by atoms with Gasteiger partial charge in [-0.3, -0.25) is 0 Å². The van der Waals surface area contributed by atoms with E-state index in [9.17, 15) is 0 Å². The molecule has 0 N–H and O–H groups in total. The number of hydrogen-bond acceptors (Lipinski definition) is 4. The second-order valence-corrected chi connectivity index (χ2v) is 11.3. The van der Waals surface area contributed by atoms with Gasteiger partial charge in [0.25, 0.3) is 0 Å². The Bertz CT molecular complexity index is 2130.